The van der Waals surface area contributed by atoms with Gasteiger partial charge in [0.05, 0.1) is 0 Å². The Hall–Kier alpha value is -2.30. The summed E-state index contributed by atoms with van der Waals surface area (Å²) >= 11 is 0. The van der Waals surface area contributed by atoms with Gasteiger partial charge in [0.25, 0.3) is 5.91 Å². The van der Waals surface area contributed by atoms with Gasteiger partial charge in [0, 0.05) is 16.8 Å². The Balaban J connectivity index is 2.95. The molecule has 0 aliphatic heterocycles. The monoisotopic (exact) mass is 249 g/mol. The van der Waals surface area contributed by atoms with E-state index in [2.05, 4.69) is 5.32 Å². The van der Waals surface area contributed by atoms with Gasteiger partial charge >= 0.3 is 5.97 Å². The van der Waals surface area contributed by atoms with Gasteiger partial charge in [-0.15, -0.1) is 0 Å². The van der Waals surface area contributed by atoms with Crippen molar-refractivity contribution in [1.82, 2.24) is 0 Å². The highest BCUT2D eigenvalue weighted by atomic mass is 16.4. The summed E-state index contributed by atoms with van der Waals surface area (Å²) in [5, 5.41) is 20.6. The fourth-order valence-electron chi connectivity index (χ4n) is 1.33. The van der Waals surface area contributed by atoms with E-state index in [0.29, 0.717) is 11.3 Å². The predicted octanol–water partition coefficient (Wildman–Crippen LogP) is 2.06. The molecule has 0 saturated carbocycles. The Morgan fingerprint density at radius 2 is 1.78 bits per heavy atom. The van der Waals surface area contributed by atoms with Crippen LogP contribution in [0.2, 0.25) is 0 Å². The van der Waals surface area contributed by atoms with Gasteiger partial charge in [-0.05, 0) is 44.5 Å². The summed E-state index contributed by atoms with van der Waals surface area (Å²) < 4.78 is 0. The maximum absolute atomic E-state index is 11.8. The van der Waals surface area contributed by atoms with Crippen molar-refractivity contribution in [2.75, 3.05) is 5.32 Å². The maximum Gasteiger partial charge on any atom is 0.331 e. The molecule has 3 N–H and O–H groups in total. The van der Waals surface area contributed by atoms with E-state index < -0.39 is 11.9 Å². The number of hydrogen-bond donors (Lipinski definition) is 3. The van der Waals surface area contributed by atoms with Crippen LogP contribution in [0.3, 0.4) is 0 Å². The molecular weight excluding hydrogens is 234 g/mol. The number of amides is 1. The number of aryl methyl sites for hydroxylation is 1. The first kappa shape index (κ1) is 13.8. The van der Waals surface area contributed by atoms with E-state index >= 15 is 0 Å². The van der Waals surface area contributed by atoms with Gasteiger partial charge in [-0.25, -0.2) is 4.79 Å². The van der Waals surface area contributed by atoms with Crippen LogP contribution >= 0.6 is 0 Å². The Kier molecular flexibility index (Phi) is 4.09. The van der Waals surface area contributed by atoms with Gasteiger partial charge in [0.2, 0.25) is 0 Å². The Labute approximate surface area is 105 Å². The molecule has 0 radical (unpaired) electrons. The van der Waals surface area contributed by atoms with E-state index in [1.165, 1.54) is 26.0 Å². The molecule has 0 atom stereocenters. The molecule has 5 nitrogen and oxygen atoms in total. The number of phenolic OH excluding ortho intramolecular Hbond substituents is 1. The first-order chi connectivity index (χ1) is 8.32. The lowest BCUT2D eigenvalue weighted by molar-refractivity contribution is -0.133. The van der Waals surface area contributed by atoms with Crippen molar-refractivity contribution in [3.05, 3.63) is 34.9 Å². The van der Waals surface area contributed by atoms with Crippen molar-refractivity contribution in [3.8, 4) is 5.75 Å². The van der Waals surface area contributed by atoms with E-state index in [0.717, 1.165) is 0 Å². The SMILES string of the molecule is CC(C(=O)O)=C(C)C(=O)Nc1ccc(O)cc1C. The van der Waals surface area contributed by atoms with Gasteiger partial charge in [0.1, 0.15) is 5.75 Å². The number of rotatable bonds is 3. The molecule has 0 unspecified atom stereocenters. The lowest BCUT2D eigenvalue weighted by atomic mass is 10.1. The number of carbonyl (C=O) groups excluding carboxylic acids is 1. The van der Waals surface area contributed by atoms with Crippen molar-refractivity contribution in [3.63, 3.8) is 0 Å². The minimum atomic E-state index is -1.12. The molecule has 1 aromatic carbocycles. The highest BCUT2D eigenvalue weighted by Crippen LogP contribution is 2.20. The summed E-state index contributed by atoms with van der Waals surface area (Å²) in [5.41, 5.74) is 1.39. The van der Waals surface area contributed by atoms with Crippen molar-refractivity contribution < 1.29 is 19.8 Å². The zero-order valence-corrected chi connectivity index (χ0v) is 10.4. The number of nitrogens with one attached hydrogen (secondary N) is 1. The molecule has 0 aliphatic rings. The second-order valence-corrected chi connectivity index (χ2v) is 4.01. The van der Waals surface area contributed by atoms with Crippen LogP contribution in [0.5, 0.6) is 5.75 Å². The lowest BCUT2D eigenvalue weighted by Crippen LogP contribution is -2.16. The molecule has 0 bridgehead atoms. The zero-order valence-electron chi connectivity index (χ0n) is 10.4. The van der Waals surface area contributed by atoms with E-state index in [4.69, 9.17) is 5.11 Å². The van der Waals surface area contributed by atoms with E-state index in [-0.39, 0.29) is 16.9 Å². The molecule has 18 heavy (non-hydrogen) atoms. The topological polar surface area (TPSA) is 86.6 Å². The molecule has 0 spiro atoms. The van der Waals surface area contributed by atoms with Crippen LogP contribution in [-0.2, 0) is 9.59 Å². The highest BCUT2D eigenvalue weighted by Gasteiger charge is 2.13. The average molecular weight is 249 g/mol. The van der Waals surface area contributed by atoms with Gasteiger partial charge in [0.15, 0.2) is 0 Å². The highest BCUT2D eigenvalue weighted by molar-refractivity contribution is 6.08. The number of benzene rings is 1. The third-order valence-corrected chi connectivity index (χ3v) is 2.68. The number of carboxylic acids is 1. The minimum absolute atomic E-state index is 0.00364. The Morgan fingerprint density at radius 3 is 2.28 bits per heavy atom. The summed E-state index contributed by atoms with van der Waals surface area (Å²) in [7, 11) is 0. The van der Waals surface area contributed by atoms with Crippen molar-refractivity contribution >= 4 is 17.6 Å². The number of carboxylic acid groups (broad SMARTS) is 1. The first-order valence-corrected chi connectivity index (χ1v) is 5.34. The summed E-state index contributed by atoms with van der Waals surface area (Å²) in [6.07, 6.45) is 0. The fourth-order valence-corrected chi connectivity index (χ4v) is 1.33. The number of aliphatic carboxylic acids is 1. The van der Waals surface area contributed by atoms with Crippen LogP contribution in [0.4, 0.5) is 5.69 Å². The van der Waals surface area contributed by atoms with E-state index in [9.17, 15) is 14.7 Å². The molecule has 0 aromatic heterocycles. The van der Waals surface area contributed by atoms with E-state index in [1.807, 2.05) is 0 Å². The molecule has 0 saturated heterocycles. The van der Waals surface area contributed by atoms with Gasteiger partial charge in [-0.1, -0.05) is 0 Å². The number of hydrogen-bond acceptors (Lipinski definition) is 3. The molecule has 1 amide bonds. The van der Waals surface area contributed by atoms with Crippen LogP contribution in [0.15, 0.2) is 29.3 Å². The van der Waals surface area contributed by atoms with Gasteiger partial charge in [-0.3, -0.25) is 4.79 Å². The van der Waals surface area contributed by atoms with Crippen molar-refractivity contribution in [1.29, 1.82) is 0 Å². The van der Waals surface area contributed by atoms with Crippen LogP contribution in [0.1, 0.15) is 19.4 Å². The molecule has 0 heterocycles. The molecule has 0 aliphatic carbocycles. The predicted molar refractivity (Wildman–Crippen MR) is 67.5 cm³/mol. The largest absolute Gasteiger partial charge is 0.508 e. The Bertz CT molecular complexity index is 532. The average Bonchev–Trinajstić information content (AvgIpc) is 2.30. The van der Waals surface area contributed by atoms with Crippen LogP contribution in [-0.4, -0.2) is 22.1 Å². The first-order valence-electron chi connectivity index (χ1n) is 5.34. The maximum atomic E-state index is 11.8. The van der Waals surface area contributed by atoms with E-state index in [1.54, 1.807) is 13.0 Å². The van der Waals surface area contributed by atoms with Crippen molar-refractivity contribution in [2.24, 2.45) is 0 Å². The summed E-state index contributed by atoms with van der Waals surface area (Å²) in [4.78, 5) is 22.5. The Morgan fingerprint density at radius 1 is 1.17 bits per heavy atom. The van der Waals surface area contributed by atoms with Crippen molar-refractivity contribution in [2.45, 2.75) is 20.8 Å². The third kappa shape index (κ3) is 3.10. The molecule has 1 rings (SSSR count). The molecule has 5 heteroatoms. The number of anilines is 1. The van der Waals surface area contributed by atoms with Crippen LogP contribution in [0, 0.1) is 6.92 Å². The second-order valence-electron chi connectivity index (χ2n) is 4.01. The number of carbonyl (C=O) groups is 2. The summed E-state index contributed by atoms with van der Waals surface area (Å²) in [6, 6.07) is 4.52. The second kappa shape index (κ2) is 5.35. The fraction of sp³-hybridized carbons (Fsp3) is 0.231. The molecular formula is C13H15NO4. The third-order valence-electron chi connectivity index (χ3n) is 2.68. The van der Waals surface area contributed by atoms with Gasteiger partial charge < -0.3 is 15.5 Å². The summed E-state index contributed by atoms with van der Waals surface area (Å²) in [5.74, 6) is -1.48. The zero-order chi connectivity index (χ0) is 13.9. The van der Waals surface area contributed by atoms with Crippen LogP contribution < -0.4 is 5.32 Å². The standard InChI is InChI=1S/C13H15NO4/c1-7-6-10(15)4-5-11(7)14-12(16)8(2)9(3)13(17)18/h4-6,15H,1-3H3,(H,14,16)(H,17,18). The molecule has 1 aromatic rings. The number of phenols is 1. The molecule has 96 valence electrons. The lowest BCUT2D eigenvalue weighted by Gasteiger charge is -2.09. The summed E-state index contributed by atoms with van der Waals surface area (Å²) in [6.45, 7) is 4.56. The quantitative estimate of drug-likeness (QED) is 0.565. The normalized spacial score (nSPS) is 11.7. The minimum Gasteiger partial charge on any atom is -0.508 e. The van der Waals surface area contributed by atoms with Crippen LogP contribution in [0.25, 0.3) is 0 Å². The number of aromatic hydroxyl groups is 1. The van der Waals surface area contributed by atoms with Gasteiger partial charge in [-0.2, -0.15) is 0 Å². The smallest absolute Gasteiger partial charge is 0.331 e. The molecule has 0 fully saturated rings.